The molecule has 0 spiro atoms. The van der Waals surface area contributed by atoms with Gasteiger partial charge in [0.25, 0.3) is 0 Å². The fraction of sp³-hybridized carbons (Fsp3) is 0.100. The van der Waals surface area contributed by atoms with E-state index in [1.807, 2.05) is 35.9 Å². The second kappa shape index (κ2) is 3.03. The van der Waals surface area contributed by atoms with E-state index in [1.165, 1.54) is 0 Å². The van der Waals surface area contributed by atoms with Gasteiger partial charge in [0.2, 0.25) is 0 Å². The van der Waals surface area contributed by atoms with Gasteiger partial charge in [0, 0.05) is 18.0 Å². The Bertz CT molecular complexity index is 474. The van der Waals surface area contributed by atoms with Crippen LogP contribution in [0.5, 0.6) is 0 Å². The van der Waals surface area contributed by atoms with Gasteiger partial charge in [-0.25, -0.2) is 0 Å². The van der Waals surface area contributed by atoms with Gasteiger partial charge >= 0.3 is 0 Å². The van der Waals surface area contributed by atoms with Crippen molar-refractivity contribution in [2.24, 2.45) is 12.8 Å². The molecule has 0 aliphatic rings. The fourth-order valence-corrected chi connectivity index (χ4v) is 2.03. The van der Waals surface area contributed by atoms with E-state index in [4.69, 9.17) is 22.7 Å². The lowest BCUT2D eigenvalue weighted by atomic mass is 10.2. The lowest BCUT2D eigenvalue weighted by molar-refractivity contribution is 0.950. The summed E-state index contributed by atoms with van der Waals surface area (Å²) in [6.07, 6.45) is 0. The van der Waals surface area contributed by atoms with Crippen LogP contribution in [0.3, 0.4) is 0 Å². The maximum absolute atomic E-state index is 7.42. The van der Waals surface area contributed by atoms with E-state index in [-0.39, 0.29) is 5.84 Å². The molecular weight excluding hydrogens is 198 g/mol. The van der Waals surface area contributed by atoms with Crippen molar-refractivity contribution < 1.29 is 0 Å². The molecular formula is C10H10ClN3. The maximum atomic E-state index is 7.42. The number of para-hydroxylation sites is 1. The number of nitrogens with two attached hydrogens (primary N) is 1. The Morgan fingerprint density at radius 3 is 2.64 bits per heavy atom. The number of aryl methyl sites for hydroxylation is 1. The molecule has 0 aliphatic carbocycles. The van der Waals surface area contributed by atoms with Gasteiger partial charge in [0.05, 0.1) is 5.02 Å². The van der Waals surface area contributed by atoms with Gasteiger partial charge in [-0.2, -0.15) is 0 Å². The Labute approximate surface area is 86.6 Å². The molecule has 0 radical (unpaired) electrons. The summed E-state index contributed by atoms with van der Waals surface area (Å²) in [5.41, 5.74) is 7.02. The first-order valence-corrected chi connectivity index (χ1v) is 4.58. The van der Waals surface area contributed by atoms with Gasteiger partial charge < -0.3 is 10.3 Å². The van der Waals surface area contributed by atoms with Crippen LogP contribution in [0, 0.1) is 5.41 Å². The van der Waals surface area contributed by atoms with Gasteiger partial charge in [-0.3, -0.25) is 5.41 Å². The molecule has 2 aromatic rings. The van der Waals surface area contributed by atoms with E-state index in [0.717, 1.165) is 10.9 Å². The van der Waals surface area contributed by atoms with Crippen LogP contribution in [0.4, 0.5) is 0 Å². The second-order valence-corrected chi connectivity index (χ2v) is 3.53. The Morgan fingerprint density at radius 2 is 2.07 bits per heavy atom. The summed E-state index contributed by atoms with van der Waals surface area (Å²) in [5, 5.41) is 8.91. The third-order valence-corrected chi connectivity index (χ3v) is 2.68. The average molecular weight is 208 g/mol. The monoisotopic (exact) mass is 207 g/mol. The molecule has 0 fully saturated rings. The third kappa shape index (κ3) is 1.09. The number of amidine groups is 1. The molecule has 14 heavy (non-hydrogen) atoms. The quantitative estimate of drug-likeness (QED) is 0.546. The summed E-state index contributed by atoms with van der Waals surface area (Å²) >= 11 is 6.12. The zero-order valence-corrected chi connectivity index (χ0v) is 8.47. The highest BCUT2D eigenvalue weighted by Gasteiger charge is 2.14. The molecule has 4 heteroatoms. The molecule has 3 N–H and O–H groups in total. The van der Waals surface area contributed by atoms with E-state index in [2.05, 4.69) is 0 Å². The van der Waals surface area contributed by atoms with Gasteiger partial charge in [-0.1, -0.05) is 29.8 Å². The van der Waals surface area contributed by atoms with Crippen LogP contribution in [-0.2, 0) is 7.05 Å². The summed E-state index contributed by atoms with van der Waals surface area (Å²) in [6, 6.07) is 7.72. The molecule has 0 aliphatic heterocycles. The van der Waals surface area contributed by atoms with E-state index in [1.54, 1.807) is 0 Å². The number of nitrogens with zero attached hydrogens (tertiary/aromatic N) is 1. The van der Waals surface area contributed by atoms with E-state index >= 15 is 0 Å². The van der Waals surface area contributed by atoms with Crippen LogP contribution in [0.1, 0.15) is 5.69 Å². The average Bonchev–Trinajstić information content (AvgIpc) is 2.41. The highest BCUT2D eigenvalue weighted by atomic mass is 35.5. The second-order valence-electron chi connectivity index (χ2n) is 3.15. The fourth-order valence-electron chi connectivity index (χ4n) is 1.65. The molecule has 1 heterocycles. The van der Waals surface area contributed by atoms with Gasteiger partial charge in [0.1, 0.15) is 11.5 Å². The Hall–Kier alpha value is -1.48. The zero-order valence-electron chi connectivity index (χ0n) is 7.71. The van der Waals surface area contributed by atoms with Crippen molar-refractivity contribution in [2.45, 2.75) is 0 Å². The largest absolute Gasteiger partial charge is 0.382 e. The number of nitrogens with one attached hydrogen (secondary N) is 1. The highest BCUT2D eigenvalue weighted by molar-refractivity contribution is 6.38. The number of hydrogen-bond acceptors (Lipinski definition) is 1. The van der Waals surface area contributed by atoms with Crippen LogP contribution in [-0.4, -0.2) is 10.4 Å². The molecule has 0 bridgehead atoms. The van der Waals surface area contributed by atoms with Crippen LogP contribution < -0.4 is 5.73 Å². The van der Waals surface area contributed by atoms with Crippen molar-refractivity contribution in [1.82, 2.24) is 4.57 Å². The first kappa shape index (κ1) is 9.09. The summed E-state index contributed by atoms with van der Waals surface area (Å²) < 4.78 is 1.83. The molecule has 0 saturated carbocycles. The van der Waals surface area contributed by atoms with Gasteiger partial charge in [-0.05, 0) is 6.07 Å². The van der Waals surface area contributed by atoms with Crippen molar-refractivity contribution in [3.05, 3.63) is 35.0 Å². The van der Waals surface area contributed by atoms with Crippen LogP contribution in [0.15, 0.2) is 24.3 Å². The number of fused-ring (bicyclic) bond motifs is 1. The lowest BCUT2D eigenvalue weighted by Gasteiger charge is -2.01. The Balaban J connectivity index is 2.92. The molecule has 0 atom stereocenters. The SMILES string of the molecule is Cn1c(C(=N)N)c(Cl)c2ccccc21. The van der Waals surface area contributed by atoms with Crippen LogP contribution in [0.25, 0.3) is 10.9 Å². The first-order valence-electron chi connectivity index (χ1n) is 4.20. The predicted molar refractivity (Wildman–Crippen MR) is 58.9 cm³/mol. The number of nitrogen functional groups attached to an aromatic ring is 1. The molecule has 0 amide bonds. The molecule has 1 aromatic carbocycles. The minimum atomic E-state index is -0.00583. The van der Waals surface area contributed by atoms with Gasteiger partial charge in [0.15, 0.2) is 0 Å². The van der Waals surface area contributed by atoms with Crippen LogP contribution in [0.2, 0.25) is 5.02 Å². The van der Waals surface area contributed by atoms with Crippen molar-refractivity contribution in [2.75, 3.05) is 0 Å². The van der Waals surface area contributed by atoms with Gasteiger partial charge in [-0.15, -0.1) is 0 Å². The summed E-state index contributed by atoms with van der Waals surface area (Å²) in [6.45, 7) is 0. The molecule has 0 unspecified atom stereocenters. The summed E-state index contributed by atoms with van der Waals surface area (Å²) in [4.78, 5) is 0. The zero-order chi connectivity index (χ0) is 10.3. The topological polar surface area (TPSA) is 54.8 Å². The molecule has 2 rings (SSSR count). The number of rotatable bonds is 1. The number of benzene rings is 1. The molecule has 1 aromatic heterocycles. The standard InChI is InChI=1S/C10H10ClN3/c1-14-7-5-3-2-4-6(7)8(11)9(14)10(12)13/h2-5H,1H3,(H3,12,13). The van der Waals surface area contributed by atoms with Crippen molar-refractivity contribution in [1.29, 1.82) is 5.41 Å². The van der Waals surface area contributed by atoms with Crippen molar-refractivity contribution in [3.63, 3.8) is 0 Å². The smallest absolute Gasteiger partial charge is 0.141 e. The van der Waals surface area contributed by atoms with Crippen molar-refractivity contribution >= 4 is 28.3 Å². The Kier molecular flexibility index (Phi) is 1.97. The number of halogens is 1. The highest BCUT2D eigenvalue weighted by Crippen LogP contribution is 2.29. The minimum absolute atomic E-state index is 0.00583. The molecule has 3 nitrogen and oxygen atoms in total. The summed E-state index contributed by atoms with van der Waals surface area (Å²) in [7, 11) is 1.85. The van der Waals surface area contributed by atoms with E-state index in [9.17, 15) is 0 Å². The predicted octanol–water partition coefficient (Wildman–Crippen LogP) is 2.12. The van der Waals surface area contributed by atoms with E-state index in [0.29, 0.717) is 10.7 Å². The molecule has 0 saturated heterocycles. The summed E-state index contributed by atoms with van der Waals surface area (Å²) in [5.74, 6) is -0.00583. The minimum Gasteiger partial charge on any atom is -0.382 e. The number of hydrogen-bond donors (Lipinski definition) is 2. The van der Waals surface area contributed by atoms with Crippen molar-refractivity contribution in [3.8, 4) is 0 Å². The van der Waals surface area contributed by atoms with E-state index < -0.39 is 0 Å². The third-order valence-electron chi connectivity index (χ3n) is 2.30. The normalized spacial score (nSPS) is 10.7. The maximum Gasteiger partial charge on any atom is 0.141 e. The Morgan fingerprint density at radius 1 is 1.43 bits per heavy atom. The van der Waals surface area contributed by atoms with Crippen LogP contribution >= 0.6 is 11.6 Å². The lowest BCUT2D eigenvalue weighted by Crippen LogP contribution is -2.15. The number of aromatic nitrogens is 1. The molecule has 72 valence electrons. The first-order chi connectivity index (χ1) is 6.63.